The Morgan fingerprint density at radius 3 is 2.50 bits per heavy atom. The van der Waals surface area contributed by atoms with E-state index in [-0.39, 0.29) is 17.6 Å². The van der Waals surface area contributed by atoms with Crippen molar-refractivity contribution in [2.24, 2.45) is 5.92 Å². The molecule has 2 amide bonds. The third-order valence-corrected chi connectivity index (χ3v) is 5.26. The normalized spacial score (nSPS) is 14.5. The second kappa shape index (κ2) is 8.82. The molecular formula is C23H22N2O5. The van der Waals surface area contributed by atoms with Crippen LogP contribution in [0.25, 0.3) is 11.0 Å². The molecule has 2 aromatic carbocycles. The number of piperidine rings is 1. The first-order valence-electron chi connectivity index (χ1n) is 9.93. The van der Waals surface area contributed by atoms with Crippen LogP contribution < -0.4 is 15.7 Å². The van der Waals surface area contributed by atoms with Gasteiger partial charge >= 0.3 is 11.7 Å². The molecule has 0 unspecified atom stereocenters. The molecule has 0 atom stereocenters. The Kier molecular flexibility index (Phi) is 5.79. The summed E-state index contributed by atoms with van der Waals surface area (Å²) in [6.45, 7) is 1.56. The number of fused-ring (bicyclic) bond motifs is 1. The van der Waals surface area contributed by atoms with E-state index >= 15 is 0 Å². The van der Waals surface area contributed by atoms with E-state index < -0.39 is 11.5 Å². The molecule has 1 aliphatic heterocycles. The van der Waals surface area contributed by atoms with E-state index in [0.29, 0.717) is 36.4 Å². The van der Waals surface area contributed by atoms with Gasteiger partial charge in [0.25, 0.3) is 5.91 Å². The molecule has 7 nitrogen and oxygen atoms in total. The number of ether oxygens (including phenoxy) is 1. The monoisotopic (exact) mass is 406 g/mol. The predicted octanol–water partition coefficient (Wildman–Crippen LogP) is 3.43. The van der Waals surface area contributed by atoms with Crippen LogP contribution in [0.4, 0.5) is 4.79 Å². The molecule has 2 heterocycles. The standard InChI is InChI=1S/C23H22N2O5/c26-21(19-14-17-6-4-5-9-20(17)30-22(19)27)24-15-16-10-12-25(13-11-16)23(28)29-18-7-2-1-3-8-18/h1-9,14,16H,10-13,15H2,(H,24,26). The van der Waals surface area contributed by atoms with Gasteiger partial charge in [-0.25, -0.2) is 9.59 Å². The Balaban J connectivity index is 1.28. The summed E-state index contributed by atoms with van der Waals surface area (Å²) in [6, 6.07) is 17.6. The molecule has 4 rings (SSSR count). The van der Waals surface area contributed by atoms with E-state index in [4.69, 9.17) is 9.15 Å². The molecule has 0 bridgehead atoms. The van der Waals surface area contributed by atoms with Crippen molar-refractivity contribution in [3.8, 4) is 5.75 Å². The third kappa shape index (κ3) is 4.51. The van der Waals surface area contributed by atoms with Crippen molar-refractivity contribution >= 4 is 23.0 Å². The zero-order valence-corrected chi connectivity index (χ0v) is 16.4. The first-order chi connectivity index (χ1) is 14.6. The summed E-state index contributed by atoms with van der Waals surface area (Å²) in [4.78, 5) is 38.5. The first kappa shape index (κ1) is 19.7. The van der Waals surface area contributed by atoms with Crippen LogP contribution in [0, 0.1) is 5.92 Å². The van der Waals surface area contributed by atoms with Crippen molar-refractivity contribution in [1.29, 1.82) is 0 Å². The summed E-state index contributed by atoms with van der Waals surface area (Å²) in [5, 5.41) is 3.53. The molecule has 154 valence electrons. The summed E-state index contributed by atoms with van der Waals surface area (Å²) in [5.74, 6) is 0.300. The van der Waals surface area contributed by atoms with Gasteiger partial charge in [0, 0.05) is 25.0 Å². The zero-order valence-electron chi connectivity index (χ0n) is 16.4. The Morgan fingerprint density at radius 2 is 1.73 bits per heavy atom. The van der Waals surface area contributed by atoms with Gasteiger partial charge in [-0.05, 0) is 43.0 Å². The first-order valence-corrected chi connectivity index (χ1v) is 9.93. The Hall–Kier alpha value is -3.61. The number of likely N-dealkylation sites (tertiary alicyclic amines) is 1. The number of carbonyl (C=O) groups is 2. The van der Waals surface area contributed by atoms with Gasteiger partial charge in [0.15, 0.2) is 0 Å². The molecule has 1 saturated heterocycles. The molecule has 0 radical (unpaired) electrons. The maximum absolute atomic E-state index is 12.5. The van der Waals surface area contributed by atoms with Crippen LogP contribution in [0.2, 0.25) is 0 Å². The maximum Gasteiger partial charge on any atom is 0.415 e. The van der Waals surface area contributed by atoms with Gasteiger partial charge in [0.2, 0.25) is 0 Å². The highest BCUT2D eigenvalue weighted by Gasteiger charge is 2.25. The number of amides is 2. The molecule has 0 saturated carbocycles. The van der Waals surface area contributed by atoms with Crippen LogP contribution in [0.5, 0.6) is 5.75 Å². The summed E-state index contributed by atoms with van der Waals surface area (Å²) < 4.78 is 10.6. The lowest BCUT2D eigenvalue weighted by atomic mass is 9.97. The second-order valence-corrected chi connectivity index (χ2v) is 7.31. The van der Waals surface area contributed by atoms with Crippen molar-refractivity contribution in [3.63, 3.8) is 0 Å². The zero-order chi connectivity index (χ0) is 20.9. The molecule has 7 heteroatoms. The highest BCUT2D eigenvalue weighted by Crippen LogP contribution is 2.19. The van der Waals surface area contributed by atoms with Crippen LogP contribution in [0.3, 0.4) is 0 Å². The molecule has 0 spiro atoms. The second-order valence-electron chi connectivity index (χ2n) is 7.31. The number of hydrogen-bond donors (Lipinski definition) is 1. The SMILES string of the molecule is O=C(NCC1CCN(C(=O)Oc2ccccc2)CC1)c1cc2ccccc2oc1=O. The quantitative estimate of drug-likeness (QED) is 0.671. The number of hydrogen-bond acceptors (Lipinski definition) is 5. The van der Waals surface area contributed by atoms with E-state index in [1.54, 1.807) is 41.3 Å². The highest BCUT2D eigenvalue weighted by atomic mass is 16.6. The summed E-state index contributed by atoms with van der Waals surface area (Å²) in [5.41, 5.74) is -0.198. The van der Waals surface area contributed by atoms with Gasteiger partial charge < -0.3 is 19.4 Å². The van der Waals surface area contributed by atoms with E-state index in [9.17, 15) is 14.4 Å². The minimum absolute atomic E-state index is 0.00225. The fraction of sp³-hybridized carbons (Fsp3) is 0.261. The lowest BCUT2D eigenvalue weighted by molar-refractivity contribution is 0.0928. The number of rotatable bonds is 4. The molecule has 30 heavy (non-hydrogen) atoms. The molecule has 1 N–H and O–H groups in total. The maximum atomic E-state index is 12.5. The number of nitrogens with zero attached hydrogens (tertiary/aromatic N) is 1. The van der Waals surface area contributed by atoms with E-state index in [2.05, 4.69) is 5.32 Å². The van der Waals surface area contributed by atoms with E-state index in [1.165, 1.54) is 0 Å². The summed E-state index contributed by atoms with van der Waals surface area (Å²) >= 11 is 0. The van der Waals surface area contributed by atoms with Crippen LogP contribution >= 0.6 is 0 Å². The van der Waals surface area contributed by atoms with E-state index in [1.807, 2.05) is 24.3 Å². The largest absolute Gasteiger partial charge is 0.422 e. The number of para-hydroxylation sites is 2. The minimum atomic E-state index is -0.648. The number of nitrogens with one attached hydrogen (secondary N) is 1. The molecule has 1 aromatic heterocycles. The van der Waals surface area contributed by atoms with Crippen molar-refractivity contribution in [2.75, 3.05) is 19.6 Å². The summed E-state index contributed by atoms with van der Waals surface area (Å²) in [7, 11) is 0. The van der Waals surface area contributed by atoms with E-state index in [0.717, 1.165) is 12.8 Å². The molecule has 1 fully saturated rings. The van der Waals surface area contributed by atoms with Crippen molar-refractivity contribution in [2.45, 2.75) is 12.8 Å². The number of carbonyl (C=O) groups excluding carboxylic acids is 2. The van der Waals surface area contributed by atoms with Gasteiger partial charge in [-0.3, -0.25) is 4.79 Å². The van der Waals surface area contributed by atoms with Gasteiger partial charge in [-0.1, -0.05) is 36.4 Å². The predicted molar refractivity (Wildman–Crippen MR) is 112 cm³/mol. The lowest BCUT2D eigenvalue weighted by Crippen LogP contribution is -2.43. The Bertz CT molecular complexity index is 1100. The lowest BCUT2D eigenvalue weighted by Gasteiger charge is -2.31. The molecular weight excluding hydrogens is 384 g/mol. The van der Waals surface area contributed by atoms with Crippen LogP contribution in [0.15, 0.2) is 69.9 Å². The van der Waals surface area contributed by atoms with Gasteiger partial charge in [-0.15, -0.1) is 0 Å². The molecule has 3 aromatic rings. The minimum Gasteiger partial charge on any atom is -0.422 e. The number of benzene rings is 2. The van der Waals surface area contributed by atoms with Crippen LogP contribution in [-0.2, 0) is 0 Å². The highest BCUT2D eigenvalue weighted by molar-refractivity contribution is 5.96. The topological polar surface area (TPSA) is 88.8 Å². The van der Waals surface area contributed by atoms with Gasteiger partial charge in [0.05, 0.1) is 0 Å². The smallest absolute Gasteiger partial charge is 0.415 e. The van der Waals surface area contributed by atoms with Gasteiger partial charge in [0.1, 0.15) is 16.9 Å². The third-order valence-electron chi connectivity index (χ3n) is 5.26. The molecule has 1 aliphatic rings. The van der Waals surface area contributed by atoms with Crippen molar-refractivity contribution < 1.29 is 18.7 Å². The summed E-state index contributed by atoms with van der Waals surface area (Å²) in [6.07, 6.45) is 1.13. The van der Waals surface area contributed by atoms with Crippen LogP contribution in [-0.4, -0.2) is 36.5 Å². The molecule has 0 aliphatic carbocycles. The fourth-order valence-corrected chi connectivity index (χ4v) is 3.53. The van der Waals surface area contributed by atoms with Crippen LogP contribution in [0.1, 0.15) is 23.2 Å². The average Bonchev–Trinajstić information content (AvgIpc) is 2.78. The Morgan fingerprint density at radius 1 is 1.03 bits per heavy atom. The van der Waals surface area contributed by atoms with Crippen molar-refractivity contribution in [1.82, 2.24) is 10.2 Å². The van der Waals surface area contributed by atoms with Crippen molar-refractivity contribution in [3.05, 3.63) is 76.6 Å². The Labute approximate surface area is 173 Å². The average molecular weight is 406 g/mol. The fourth-order valence-electron chi connectivity index (χ4n) is 3.53. The van der Waals surface area contributed by atoms with Gasteiger partial charge in [-0.2, -0.15) is 0 Å².